The van der Waals surface area contributed by atoms with Gasteiger partial charge in [-0.05, 0) is 42.3 Å². The molecule has 6 rings (SSSR count). The van der Waals surface area contributed by atoms with E-state index in [1.54, 1.807) is 21.3 Å². The first-order chi connectivity index (χ1) is 21.1. The number of nitrogens with zero attached hydrogens (tertiary/aromatic N) is 5. The highest BCUT2D eigenvalue weighted by Crippen LogP contribution is 2.28. The molecule has 2 aliphatic heterocycles. The summed E-state index contributed by atoms with van der Waals surface area (Å²) in [5, 5.41) is 7.94. The lowest BCUT2D eigenvalue weighted by Gasteiger charge is -2.34. The van der Waals surface area contributed by atoms with Crippen molar-refractivity contribution in [3.05, 3.63) is 75.6 Å². The van der Waals surface area contributed by atoms with Gasteiger partial charge in [0.2, 0.25) is 0 Å². The van der Waals surface area contributed by atoms with Crippen LogP contribution in [0, 0.1) is 0 Å². The molecule has 4 heterocycles. The number of anilines is 1. The molecule has 1 atom stereocenters. The average molecular weight is 589 g/mol. The van der Waals surface area contributed by atoms with Crippen molar-refractivity contribution in [1.29, 1.82) is 0 Å². The lowest BCUT2D eigenvalue weighted by molar-refractivity contribution is -0.0100. The van der Waals surface area contributed by atoms with Crippen LogP contribution in [-0.2, 0) is 41.8 Å². The highest BCUT2D eigenvalue weighted by Gasteiger charge is 2.23. The number of aromatic amines is 1. The molecule has 1 saturated heterocycles. The first kappa shape index (κ1) is 29.2. The molecule has 0 aliphatic carbocycles. The number of nitrogens with one attached hydrogen (secondary N) is 1. The monoisotopic (exact) mass is 588 g/mol. The van der Waals surface area contributed by atoms with Crippen LogP contribution in [-0.4, -0.2) is 91.5 Å². The van der Waals surface area contributed by atoms with E-state index in [0.29, 0.717) is 49.5 Å². The second-order valence-corrected chi connectivity index (χ2v) is 11.2. The first-order valence-electron chi connectivity index (χ1n) is 14.9. The van der Waals surface area contributed by atoms with Crippen LogP contribution in [0.25, 0.3) is 10.9 Å². The fraction of sp³-hybridized carbons (Fsp3) is 0.469. The van der Waals surface area contributed by atoms with Crippen LogP contribution in [0.1, 0.15) is 22.6 Å². The van der Waals surface area contributed by atoms with Crippen LogP contribution in [0.5, 0.6) is 11.5 Å². The van der Waals surface area contributed by atoms with Gasteiger partial charge in [0.15, 0.2) is 11.5 Å². The molecule has 2 aliphatic rings. The van der Waals surface area contributed by atoms with Crippen molar-refractivity contribution >= 4 is 16.6 Å². The molecule has 1 fully saturated rings. The molecule has 0 radical (unpaired) electrons. The quantitative estimate of drug-likeness (QED) is 0.283. The van der Waals surface area contributed by atoms with Gasteiger partial charge in [-0.25, -0.2) is 4.98 Å². The Labute approximate surface area is 251 Å². The van der Waals surface area contributed by atoms with E-state index in [1.807, 2.05) is 47.2 Å². The van der Waals surface area contributed by atoms with Crippen molar-refractivity contribution < 1.29 is 18.9 Å². The Kier molecular flexibility index (Phi) is 8.92. The zero-order valence-corrected chi connectivity index (χ0v) is 25.2. The van der Waals surface area contributed by atoms with Gasteiger partial charge >= 0.3 is 0 Å². The minimum atomic E-state index is -0.0120. The molecule has 43 heavy (non-hydrogen) atoms. The average Bonchev–Trinajstić information content (AvgIpc) is 3.51. The van der Waals surface area contributed by atoms with Gasteiger partial charge in [-0.1, -0.05) is 6.07 Å². The highest BCUT2D eigenvalue weighted by atomic mass is 16.5. The Morgan fingerprint density at radius 3 is 2.74 bits per heavy atom. The molecular weight excluding hydrogens is 548 g/mol. The Balaban J connectivity index is 1.29. The van der Waals surface area contributed by atoms with E-state index in [0.717, 1.165) is 61.7 Å². The number of hydrogen-bond donors (Lipinski definition) is 1. The SMILES string of the molecule is COC[C@H]1CN(c2ccc3c(=O)n(CCc4ccc(OC)c(OC)c4)c(CCN4CCc5[nH]ncc5C4)nc3c2)CCO1. The van der Waals surface area contributed by atoms with Gasteiger partial charge in [0.05, 0.1) is 50.6 Å². The van der Waals surface area contributed by atoms with E-state index in [4.69, 9.17) is 23.9 Å². The van der Waals surface area contributed by atoms with Crippen LogP contribution in [0.4, 0.5) is 5.69 Å². The number of rotatable bonds is 11. The van der Waals surface area contributed by atoms with E-state index < -0.39 is 0 Å². The van der Waals surface area contributed by atoms with Crippen LogP contribution in [0.3, 0.4) is 0 Å². The maximum atomic E-state index is 14.0. The predicted molar refractivity (Wildman–Crippen MR) is 164 cm³/mol. The van der Waals surface area contributed by atoms with E-state index in [2.05, 4.69) is 20.0 Å². The molecule has 0 amide bonds. The Morgan fingerprint density at radius 2 is 1.91 bits per heavy atom. The molecular formula is C32H40N6O5. The van der Waals surface area contributed by atoms with E-state index in [1.165, 1.54) is 11.3 Å². The fourth-order valence-corrected chi connectivity index (χ4v) is 6.12. The third-order valence-electron chi connectivity index (χ3n) is 8.48. The largest absolute Gasteiger partial charge is 0.493 e. The molecule has 228 valence electrons. The van der Waals surface area contributed by atoms with Gasteiger partial charge in [-0.3, -0.25) is 19.4 Å². The first-order valence-corrected chi connectivity index (χ1v) is 14.9. The summed E-state index contributed by atoms with van der Waals surface area (Å²) in [6.45, 7) is 5.82. The standard InChI is InChI=1S/C32H40N6O5/c1-40-21-25-20-37(14-15-43-25)24-5-6-26-28(17-24)34-31(10-12-36-11-9-27-23(19-36)18-33-35-27)38(32(26)39)13-8-22-4-7-29(41-2)30(16-22)42-3/h4-7,16-18,25H,8-15,19-21H2,1-3H3,(H,33,35)/t25-/m1/s1. The minimum Gasteiger partial charge on any atom is -0.493 e. The molecule has 2 aromatic carbocycles. The molecule has 4 aromatic rings. The van der Waals surface area contributed by atoms with Crippen LogP contribution in [0.15, 0.2) is 47.4 Å². The number of hydrogen-bond acceptors (Lipinski definition) is 9. The van der Waals surface area contributed by atoms with Gasteiger partial charge in [0, 0.05) is 76.2 Å². The molecule has 11 nitrogen and oxygen atoms in total. The molecule has 1 N–H and O–H groups in total. The second-order valence-electron chi connectivity index (χ2n) is 11.2. The third kappa shape index (κ3) is 6.39. The zero-order valence-electron chi connectivity index (χ0n) is 25.2. The number of fused-ring (bicyclic) bond motifs is 2. The van der Waals surface area contributed by atoms with Crippen LogP contribution < -0.4 is 19.9 Å². The van der Waals surface area contributed by atoms with E-state index >= 15 is 0 Å². The molecule has 0 saturated carbocycles. The van der Waals surface area contributed by atoms with Crippen molar-refractivity contribution in [3.8, 4) is 11.5 Å². The smallest absolute Gasteiger partial charge is 0.261 e. The summed E-state index contributed by atoms with van der Waals surface area (Å²) in [4.78, 5) is 23.8. The van der Waals surface area contributed by atoms with Gasteiger partial charge in [0.1, 0.15) is 5.82 Å². The summed E-state index contributed by atoms with van der Waals surface area (Å²) in [6, 6.07) is 11.9. The van der Waals surface area contributed by atoms with Crippen molar-refractivity contribution in [2.45, 2.75) is 38.5 Å². The maximum Gasteiger partial charge on any atom is 0.261 e. The minimum absolute atomic E-state index is 0.0120. The van der Waals surface area contributed by atoms with E-state index in [9.17, 15) is 4.79 Å². The number of methoxy groups -OCH3 is 3. The number of ether oxygens (including phenoxy) is 4. The van der Waals surface area contributed by atoms with Crippen molar-refractivity contribution in [3.63, 3.8) is 0 Å². The van der Waals surface area contributed by atoms with Gasteiger partial charge in [-0.15, -0.1) is 0 Å². The lowest BCUT2D eigenvalue weighted by atomic mass is 10.1. The summed E-state index contributed by atoms with van der Waals surface area (Å²) >= 11 is 0. The third-order valence-corrected chi connectivity index (χ3v) is 8.48. The molecule has 2 aromatic heterocycles. The Bertz CT molecular complexity index is 1620. The van der Waals surface area contributed by atoms with Crippen LogP contribution in [0.2, 0.25) is 0 Å². The summed E-state index contributed by atoms with van der Waals surface area (Å²) < 4.78 is 23.9. The highest BCUT2D eigenvalue weighted by molar-refractivity contribution is 5.81. The summed E-state index contributed by atoms with van der Waals surface area (Å²) in [6.07, 6.45) is 4.21. The summed E-state index contributed by atoms with van der Waals surface area (Å²) in [5.41, 5.74) is 5.28. The maximum absolute atomic E-state index is 14.0. The molecule has 0 spiro atoms. The second kappa shape index (κ2) is 13.2. The molecule has 0 bridgehead atoms. The lowest BCUT2D eigenvalue weighted by Crippen LogP contribution is -2.44. The zero-order chi connectivity index (χ0) is 29.8. The number of morpholine rings is 1. The van der Waals surface area contributed by atoms with Crippen molar-refractivity contribution in [2.24, 2.45) is 0 Å². The molecule has 11 heteroatoms. The topological polar surface area (TPSA) is 107 Å². The Hall–Kier alpha value is -3.93. The fourth-order valence-electron chi connectivity index (χ4n) is 6.12. The van der Waals surface area contributed by atoms with E-state index in [-0.39, 0.29) is 11.7 Å². The summed E-state index contributed by atoms with van der Waals surface area (Å²) in [5.74, 6) is 2.16. The molecule has 0 unspecified atom stereocenters. The van der Waals surface area contributed by atoms with Gasteiger partial charge < -0.3 is 23.8 Å². The van der Waals surface area contributed by atoms with Gasteiger partial charge in [-0.2, -0.15) is 5.10 Å². The normalized spacial score (nSPS) is 17.3. The number of H-pyrrole nitrogens is 1. The van der Waals surface area contributed by atoms with Crippen molar-refractivity contribution in [2.75, 3.05) is 65.6 Å². The number of aromatic nitrogens is 4. The number of aryl methyl sites for hydroxylation is 1. The Morgan fingerprint density at radius 1 is 1.02 bits per heavy atom. The van der Waals surface area contributed by atoms with Crippen LogP contribution >= 0.6 is 0 Å². The number of benzene rings is 2. The van der Waals surface area contributed by atoms with Crippen molar-refractivity contribution in [1.82, 2.24) is 24.6 Å². The predicted octanol–water partition coefficient (Wildman–Crippen LogP) is 2.83. The summed E-state index contributed by atoms with van der Waals surface area (Å²) in [7, 11) is 4.95. The van der Waals surface area contributed by atoms with Gasteiger partial charge in [0.25, 0.3) is 5.56 Å².